The highest BCUT2D eigenvalue weighted by Crippen LogP contribution is 2.39. The summed E-state index contributed by atoms with van der Waals surface area (Å²) in [6, 6.07) is 15.6. The molecule has 1 aliphatic rings. The van der Waals surface area contributed by atoms with E-state index in [0.29, 0.717) is 10.9 Å². The van der Waals surface area contributed by atoms with E-state index in [9.17, 15) is 9.59 Å². The number of hydrogen-bond donors (Lipinski definition) is 2. The molecule has 4 rings (SSSR count). The number of hydrazine groups is 1. The highest BCUT2D eigenvalue weighted by molar-refractivity contribution is 7.99. The molecule has 2 aromatic carbocycles. The molecule has 3 aromatic rings. The normalized spacial score (nSPS) is 13.6. The maximum Gasteiger partial charge on any atom is 0.276 e. The zero-order valence-corrected chi connectivity index (χ0v) is 19.0. The molecule has 0 atom stereocenters. The molecule has 0 saturated carbocycles. The van der Waals surface area contributed by atoms with Crippen LogP contribution >= 0.6 is 11.8 Å². The second-order valence-corrected chi connectivity index (χ2v) is 9.17. The van der Waals surface area contributed by atoms with Gasteiger partial charge in [-0.05, 0) is 44.4 Å². The summed E-state index contributed by atoms with van der Waals surface area (Å²) in [5.41, 5.74) is 7.81. The molecule has 32 heavy (non-hydrogen) atoms. The molecule has 9 heteroatoms. The third kappa shape index (κ3) is 4.62. The first-order chi connectivity index (χ1) is 15.3. The van der Waals surface area contributed by atoms with Crippen LogP contribution in [0.1, 0.15) is 25.0 Å². The van der Waals surface area contributed by atoms with Crippen LogP contribution in [0, 0.1) is 6.92 Å². The van der Waals surface area contributed by atoms with Gasteiger partial charge in [-0.15, -0.1) is 10.2 Å². The molecule has 2 amide bonds. The van der Waals surface area contributed by atoms with Crippen LogP contribution in [0.3, 0.4) is 0 Å². The number of nitrogens with zero attached hydrogens (tertiary/aromatic N) is 3. The van der Waals surface area contributed by atoms with Crippen molar-refractivity contribution in [1.29, 1.82) is 0 Å². The second-order valence-electron chi connectivity index (χ2n) is 8.23. The molecule has 0 saturated heterocycles. The Morgan fingerprint density at radius 3 is 2.59 bits per heavy atom. The molecule has 1 aliphatic heterocycles. The molecule has 2 heterocycles. The third-order valence-electron chi connectivity index (χ3n) is 5.25. The van der Waals surface area contributed by atoms with Gasteiger partial charge in [-0.2, -0.15) is 0 Å². The number of fused-ring (bicyclic) bond motifs is 3. The number of aryl methyl sites for hydroxylation is 1. The lowest BCUT2D eigenvalue weighted by molar-refractivity contribution is -0.128. The number of para-hydroxylation sites is 1. The Morgan fingerprint density at radius 2 is 1.78 bits per heavy atom. The van der Waals surface area contributed by atoms with Gasteiger partial charge >= 0.3 is 0 Å². The van der Waals surface area contributed by atoms with Crippen LogP contribution in [0.25, 0.3) is 11.4 Å². The maximum atomic E-state index is 12.3. The summed E-state index contributed by atoms with van der Waals surface area (Å²) < 4.78 is 7.56. The molecular weight excluding hydrogens is 426 g/mol. The number of ether oxygens (including phenoxy) is 1. The predicted octanol–water partition coefficient (Wildman–Crippen LogP) is 2.86. The van der Waals surface area contributed by atoms with Gasteiger partial charge in [0.05, 0.1) is 5.75 Å². The molecule has 0 aliphatic carbocycles. The molecule has 166 valence electrons. The van der Waals surface area contributed by atoms with Gasteiger partial charge in [0, 0.05) is 11.1 Å². The van der Waals surface area contributed by atoms with Crippen LogP contribution in [0.5, 0.6) is 5.75 Å². The van der Waals surface area contributed by atoms with Gasteiger partial charge in [-0.25, -0.2) is 0 Å². The number of nitrogens with one attached hydrogen (secondary N) is 2. The number of amides is 2. The number of hydrogen-bond acceptors (Lipinski definition) is 6. The summed E-state index contributed by atoms with van der Waals surface area (Å²) in [6.07, 6.45) is 0.852. The quantitative estimate of drug-likeness (QED) is 0.442. The van der Waals surface area contributed by atoms with Crippen LogP contribution in [0.4, 0.5) is 0 Å². The average Bonchev–Trinajstić information content (AvgIpc) is 3.21. The standard InChI is InChI=1S/C23H25N5O3S/c1-15-8-4-7-11-18(15)31-13-19(29)24-25-20(30)14-32-22-27-26-21-17-10-6-5-9-16(17)12-23(2,3)28(21)22/h4-11H,12-14H2,1-3H3,(H,24,29)(H,25,30). The highest BCUT2D eigenvalue weighted by atomic mass is 32.2. The minimum atomic E-state index is -0.441. The monoisotopic (exact) mass is 451 g/mol. The maximum absolute atomic E-state index is 12.3. The first kappa shape index (κ1) is 21.9. The lowest BCUT2D eigenvalue weighted by atomic mass is 9.87. The van der Waals surface area contributed by atoms with Gasteiger partial charge in [0.15, 0.2) is 17.6 Å². The third-order valence-corrected chi connectivity index (χ3v) is 6.18. The van der Waals surface area contributed by atoms with E-state index < -0.39 is 5.91 Å². The lowest BCUT2D eigenvalue weighted by Crippen LogP contribution is -2.44. The van der Waals surface area contributed by atoms with Crippen LogP contribution < -0.4 is 15.6 Å². The average molecular weight is 452 g/mol. The Kier molecular flexibility index (Phi) is 6.18. The molecule has 0 fully saturated rings. The zero-order chi connectivity index (χ0) is 22.7. The number of carbonyl (C=O) groups excluding carboxylic acids is 2. The lowest BCUT2D eigenvalue weighted by Gasteiger charge is -2.34. The Bertz CT molecular complexity index is 1160. The number of benzene rings is 2. The van der Waals surface area contributed by atoms with E-state index in [0.717, 1.165) is 23.4 Å². The molecular formula is C23H25N5O3S. The van der Waals surface area contributed by atoms with E-state index in [4.69, 9.17) is 4.74 Å². The van der Waals surface area contributed by atoms with Crippen molar-refractivity contribution in [2.24, 2.45) is 0 Å². The summed E-state index contributed by atoms with van der Waals surface area (Å²) in [7, 11) is 0. The number of aromatic nitrogens is 3. The molecule has 2 N–H and O–H groups in total. The minimum Gasteiger partial charge on any atom is -0.483 e. The van der Waals surface area contributed by atoms with Crippen molar-refractivity contribution in [3.8, 4) is 17.1 Å². The van der Waals surface area contributed by atoms with Crippen molar-refractivity contribution in [1.82, 2.24) is 25.6 Å². The van der Waals surface area contributed by atoms with Crippen molar-refractivity contribution in [3.63, 3.8) is 0 Å². The fourth-order valence-corrected chi connectivity index (χ4v) is 4.62. The van der Waals surface area contributed by atoms with Gasteiger partial charge in [-0.1, -0.05) is 54.2 Å². The Balaban J connectivity index is 1.31. The van der Waals surface area contributed by atoms with Crippen LogP contribution in [0.15, 0.2) is 53.7 Å². The first-order valence-electron chi connectivity index (χ1n) is 10.3. The van der Waals surface area contributed by atoms with E-state index in [2.05, 4.69) is 45.5 Å². The number of thioether (sulfide) groups is 1. The van der Waals surface area contributed by atoms with Gasteiger partial charge in [-0.3, -0.25) is 25.0 Å². The van der Waals surface area contributed by atoms with Gasteiger partial charge in [0.25, 0.3) is 5.91 Å². The molecule has 1 aromatic heterocycles. The van der Waals surface area contributed by atoms with E-state index in [1.807, 2.05) is 43.3 Å². The molecule has 0 radical (unpaired) electrons. The molecule has 0 unspecified atom stereocenters. The van der Waals surface area contributed by atoms with Crippen molar-refractivity contribution in [2.45, 2.75) is 37.9 Å². The Labute approximate surface area is 190 Å². The van der Waals surface area contributed by atoms with Crippen molar-refractivity contribution in [2.75, 3.05) is 12.4 Å². The largest absolute Gasteiger partial charge is 0.483 e. The number of rotatable bonds is 6. The second kappa shape index (κ2) is 9.04. The van der Waals surface area contributed by atoms with E-state index in [1.165, 1.54) is 17.3 Å². The Morgan fingerprint density at radius 1 is 1.06 bits per heavy atom. The minimum absolute atomic E-state index is 0.0921. The van der Waals surface area contributed by atoms with Gasteiger partial charge < -0.3 is 4.74 Å². The van der Waals surface area contributed by atoms with Crippen LogP contribution in [-0.2, 0) is 21.5 Å². The SMILES string of the molecule is Cc1ccccc1OCC(=O)NNC(=O)CSc1nnc2n1C(C)(C)Cc1ccccc1-2. The van der Waals surface area contributed by atoms with E-state index in [1.54, 1.807) is 6.07 Å². The summed E-state index contributed by atoms with van der Waals surface area (Å²) >= 11 is 1.29. The Hall–Kier alpha value is -3.33. The van der Waals surface area contributed by atoms with Crippen molar-refractivity contribution >= 4 is 23.6 Å². The fraction of sp³-hybridized carbons (Fsp3) is 0.304. The van der Waals surface area contributed by atoms with Crippen LogP contribution in [0.2, 0.25) is 0 Å². The topological polar surface area (TPSA) is 98.1 Å². The van der Waals surface area contributed by atoms with E-state index >= 15 is 0 Å². The smallest absolute Gasteiger partial charge is 0.276 e. The summed E-state index contributed by atoms with van der Waals surface area (Å²) in [5, 5.41) is 9.37. The first-order valence-corrected chi connectivity index (χ1v) is 11.3. The molecule has 0 bridgehead atoms. The molecule has 8 nitrogen and oxygen atoms in total. The molecule has 0 spiro atoms. The fourth-order valence-electron chi connectivity index (χ4n) is 3.72. The summed E-state index contributed by atoms with van der Waals surface area (Å²) in [4.78, 5) is 24.2. The van der Waals surface area contributed by atoms with E-state index in [-0.39, 0.29) is 23.8 Å². The predicted molar refractivity (Wildman–Crippen MR) is 122 cm³/mol. The van der Waals surface area contributed by atoms with Gasteiger partial charge in [0.2, 0.25) is 5.91 Å². The summed E-state index contributed by atoms with van der Waals surface area (Å²) in [6.45, 7) is 5.97. The zero-order valence-electron chi connectivity index (χ0n) is 18.2. The van der Waals surface area contributed by atoms with Crippen LogP contribution in [-0.4, -0.2) is 38.9 Å². The summed E-state index contributed by atoms with van der Waals surface area (Å²) in [5.74, 6) is 0.746. The highest BCUT2D eigenvalue weighted by Gasteiger charge is 2.34. The van der Waals surface area contributed by atoms with Crippen molar-refractivity contribution in [3.05, 3.63) is 59.7 Å². The van der Waals surface area contributed by atoms with Gasteiger partial charge in [0.1, 0.15) is 5.75 Å². The number of carbonyl (C=O) groups is 2. The van der Waals surface area contributed by atoms with Crippen molar-refractivity contribution < 1.29 is 14.3 Å².